The maximum absolute atomic E-state index is 12.9. The van der Waals surface area contributed by atoms with Crippen molar-refractivity contribution in [3.8, 4) is 0 Å². The van der Waals surface area contributed by atoms with E-state index < -0.39 is 75.2 Å². The Morgan fingerprint density at radius 3 is 1.54 bits per heavy atom. The van der Waals surface area contributed by atoms with E-state index in [0.717, 1.165) is 64.2 Å². The number of rotatable bonds is 34. The number of carbonyl (C=O) groups is 1. The highest BCUT2D eigenvalue weighted by atomic mass is 31.2. The highest BCUT2D eigenvalue weighted by Gasteiger charge is 2.51. The SMILES string of the molecule is CCCCCCCCCCC/C=C\CCCCCC(O)CC(=O)NC(COP(=O)(O)OC1C(O)C(O)C(O)C(O)C1O)C(O)CCCCCCCCCC. The maximum Gasteiger partial charge on any atom is 0.472 e. The molecule has 0 heterocycles. The van der Waals surface area contributed by atoms with Crippen LogP contribution in [0.4, 0.5) is 0 Å². The number of aliphatic hydroxyl groups is 7. The van der Waals surface area contributed by atoms with Gasteiger partial charge in [0.05, 0.1) is 31.3 Å². The largest absolute Gasteiger partial charge is 0.472 e. The van der Waals surface area contributed by atoms with Crippen LogP contribution in [0.15, 0.2) is 12.2 Å². The highest BCUT2D eigenvalue weighted by Crippen LogP contribution is 2.47. The average molecular weight is 796 g/mol. The Bertz CT molecular complexity index is 990. The molecule has 1 amide bonds. The van der Waals surface area contributed by atoms with Gasteiger partial charge in [0.1, 0.15) is 36.6 Å². The molecular weight excluding hydrogens is 717 g/mol. The first-order chi connectivity index (χ1) is 25.8. The van der Waals surface area contributed by atoms with Gasteiger partial charge in [-0.2, -0.15) is 0 Å². The van der Waals surface area contributed by atoms with Gasteiger partial charge in [0.2, 0.25) is 5.91 Å². The first-order valence-corrected chi connectivity index (χ1v) is 22.7. The first-order valence-electron chi connectivity index (χ1n) is 21.2. The van der Waals surface area contributed by atoms with E-state index >= 15 is 0 Å². The van der Waals surface area contributed by atoms with Crippen LogP contribution in [0.3, 0.4) is 0 Å². The Labute approximate surface area is 325 Å². The zero-order valence-electron chi connectivity index (χ0n) is 33.4. The van der Waals surface area contributed by atoms with Gasteiger partial charge < -0.3 is 46.0 Å². The molecule has 0 aromatic heterocycles. The van der Waals surface area contributed by atoms with E-state index in [4.69, 9.17) is 9.05 Å². The van der Waals surface area contributed by atoms with Gasteiger partial charge in [-0.3, -0.25) is 13.8 Å². The number of phosphoric acid groups is 1. The summed E-state index contributed by atoms with van der Waals surface area (Å²) in [6.07, 6.45) is 15.9. The zero-order chi connectivity index (χ0) is 40.2. The molecule has 14 heteroatoms. The monoisotopic (exact) mass is 796 g/mol. The molecule has 0 saturated heterocycles. The summed E-state index contributed by atoms with van der Waals surface area (Å²) in [5.74, 6) is -0.572. The van der Waals surface area contributed by atoms with Gasteiger partial charge in [-0.1, -0.05) is 142 Å². The second-order valence-electron chi connectivity index (χ2n) is 15.4. The Hall–Kier alpha value is -0.960. The van der Waals surface area contributed by atoms with Crippen LogP contribution in [0.2, 0.25) is 0 Å². The third-order valence-electron chi connectivity index (χ3n) is 10.4. The number of nitrogens with one attached hydrogen (secondary N) is 1. The molecular formula is C40H78NO12P. The Morgan fingerprint density at radius 2 is 1.04 bits per heavy atom. The van der Waals surface area contributed by atoms with E-state index in [1.54, 1.807) is 0 Å². The van der Waals surface area contributed by atoms with Crippen molar-refractivity contribution in [3.05, 3.63) is 12.2 Å². The quantitative estimate of drug-likeness (QED) is 0.0212. The molecule has 13 nitrogen and oxygen atoms in total. The van der Waals surface area contributed by atoms with Crippen molar-refractivity contribution in [1.82, 2.24) is 5.32 Å². The van der Waals surface area contributed by atoms with Gasteiger partial charge in [-0.05, 0) is 38.5 Å². The third-order valence-corrected chi connectivity index (χ3v) is 11.4. The van der Waals surface area contributed by atoms with Crippen molar-refractivity contribution in [1.29, 1.82) is 0 Å². The van der Waals surface area contributed by atoms with Crippen LogP contribution in [-0.2, 0) is 18.4 Å². The van der Waals surface area contributed by atoms with Crippen LogP contribution in [-0.4, -0.2) is 108 Å². The van der Waals surface area contributed by atoms with Crippen LogP contribution in [0.5, 0.6) is 0 Å². The summed E-state index contributed by atoms with van der Waals surface area (Å²) >= 11 is 0. The number of hydrogen-bond donors (Lipinski definition) is 9. The highest BCUT2D eigenvalue weighted by molar-refractivity contribution is 7.47. The lowest BCUT2D eigenvalue weighted by Crippen LogP contribution is -2.64. The Balaban J connectivity index is 2.52. The van der Waals surface area contributed by atoms with E-state index in [2.05, 4.69) is 31.3 Å². The third kappa shape index (κ3) is 23.3. The summed E-state index contributed by atoms with van der Waals surface area (Å²) < 4.78 is 22.8. The molecule has 320 valence electrons. The van der Waals surface area contributed by atoms with Crippen molar-refractivity contribution < 1.29 is 59.0 Å². The summed E-state index contributed by atoms with van der Waals surface area (Å²) in [5.41, 5.74) is 0. The van der Waals surface area contributed by atoms with E-state index in [0.29, 0.717) is 12.8 Å². The number of allylic oxidation sites excluding steroid dienone is 2. The van der Waals surface area contributed by atoms with Crippen molar-refractivity contribution in [2.45, 2.75) is 229 Å². The second kappa shape index (κ2) is 31.1. The molecule has 8 atom stereocenters. The van der Waals surface area contributed by atoms with E-state index in [-0.39, 0.29) is 12.8 Å². The molecule has 0 radical (unpaired) electrons. The topological polar surface area (TPSA) is 226 Å². The van der Waals surface area contributed by atoms with Gasteiger partial charge in [-0.15, -0.1) is 0 Å². The van der Waals surface area contributed by atoms with Crippen molar-refractivity contribution in [2.75, 3.05) is 6.61 Å². The zero-order valence-corrected chi connectivity index (χ0v) is 34.3. The second-order valence-corrected chi connectivity index (χ2v) is 16.8. The molecule has 0 aliphatic heterocycles. The molecule has 1 fully saturated rings. The summed E-state index contributed by atoms with van der Waals surface area (Å²) in [5, 5.41) is 74.2. The van der Waals surface area contributed by atoms with Crippen molar-refractivity contribution in [3.63, 3.8) is 0 Å². The molecule has 1 rings (SSSR count). The summed E-state index contributed by atoms with van der Waals surface area (Å²) in [7, 11) is -5.11. The number of amides is 1. The predicted octanol–water partition coefficient (Wildman–Crippen LogP) is 5.86. The smallest absolute Gasteiger partial charge is 0.393 e. The van der Waals surface area contributed by atoms with Crippen LogP contribution in [0, 0.1) is 0 Å². The first kappa shape index (κ1) is 51.1. The van der Waals surface area contributed by atoms with Crippen LogP contribution >= 0.6 is 7.82 Å². The molecule has 0 spiro atoms. The molecule has 1 aliphatic rings. The normalized spacial score (nSPS) is 24.7. The summed E-state index contributed by atoms with van der Waals surface area (Å²) in [6, 6.07) is -1.15. The number of phosphoric ester groups is 1. The van der Waals surface area contributed by atoms with Gasteiger partial charge in [-0.25, -0.2) is 4.57 Å². The minimum atomic E-state index is -5.11. The van der Waals surface area contributed by atoms with E-state index in [9.17, 15) is 50.0 Å². The number of unbranched alkanes of at least 4 members (excludes halogenated alkanes) is 19. The fraction of sp³-hybridized carbons (Fsp3) is 0.925. The van der Waals surface area contributed by atoms with Crippen LogP contribution in [0.1, 0.15) is 174 Å². The van der Waals surface area contributed by atoms with Crippen molar-refractivity contribution in [2.24, 2.45) is 0 Å². The standard InChI is InChI=1S/C40H78NO12P/c1-3-5-7-9-11-13-14-15-16-17-18-19-20-21-23-25-27-31(42)29-34(44)41-32(33(43)28-26-24-22-12-10-8-6-4-2)30-52-54(50,51)53-40-38(48)36(46)35(45)37(47)39(40)49/h18-19,31-33,35-40,42-43,45-49H,3-17,20-30H2,1-2H3,(H,41,44)(H,50,51)/b19-18-. The lowest BCUT2D eigenvalue weighted by Gasteiger charge is -2.41. The molecule has 9 N–H and O–H groups in total. The number of aliphatic hydroxyl groups excluding tert-OH is 7. The fourth-order valence-corrected chi connectivity index (χ4v) is 7.79. The maximum atomic E-state index is 12.9. The molecule has 0 bridgehead atoms. The van der Waals surface area contributed by atoms with Gasteiger partial charge in [0.25, 0.3) is 0 Å². The van der Waals surface area contributed by atoms with Gasteiger partial charge in [0, 0.05) is 0 Å². The van der Waals surface area contributed by atoms with Gasteiger partial charge >= 0.3 is 7.82 Å². The minimum absolute atomic E-state index is 0.231. The lowest BCUT2D eigenvalue weighted by atomic mass is 9.85. The number of hydrogen-bond acceptors (Lipinski definition) is 11. The predicted molar refractivity (Wildman–Crippen MR) is 211 cm³/mol. The molecule has 54 heavy (non-hydrogen) atoms. The van der Waals surface area contributed by atoms with Gasteiger partial charge in [0.15, 0.2) is 0 Å². The summed E-state index contributed by atoms with van der Waals surface area (Å²) in [4.78, 5) is 23.3. The fourth-order valence-electron chi connectivity index (χ4n) is 6.83. The summed E-state index contributed by atoms with van der Waals surface area (Å²) in [6.45, 7) is 3.71. The lowest BCUT2D eigenvalue weighted by molar-refractivity contribution is -0.220. The Kier molecular flexibility index (Phi) is 29.4. The van der Waals surface area contributed by atoms with Crippen LogP contribution < -0.4 is 5.32 Å². The molecule has 0 aromatic carbocycles. The minimum Gasteiger partial charge on any atom is -0.393 e. The Morgan fingerprint density at radius 1 is 0.630 bits per heavy atom. The van der Waals surface area contributed by atoms with Crippen molar-refractivity contribution >= 4 is 13.7 Å². The van der Waals surface area contributed by atoms with Crippen LogP contribution in [0.25, 0.3) is 0 Å². The molecule has 8 unspecified atom stereocenters. The van der Waals surface area contributed by atoms with E-state index in [1.807, 2.05) is 0 Å². The molecule has 1 aliphatic carbocycles. The van der Waals surface area contributed by atoms with E-state index in [1.165, 1.54) is 70.6 Å². The molecule has 1 saturated carbocycles. The molecule has 0 aromatic rings. The number of carbonyl (C=O) groups excluding carboxylic acids is 1. The average Bonchev–Trinajstić information content (AvgIpc) is 3.14.